The first-order valence-electron chi connectivity index (χ1n) is 44.9. The topological polar surface area (TPSA) is 24.6 Å². The van der Waals surface area contributed by atoms with Crippen molar-refractivity contribution in [2.75, 3.05) is 0 Å². The molecule has 0 amide bonds. The number of fused-ring (bicyclic) bond motifs is 15. The van der Waals surface area contributed by atoms with E-state index in [0.717, 1.165) is 0 Å². The molecule has 5 nitrogen and oxygen atoms in total. The summed E-state index contributed by atoms with van der Waals surface area (Å²) in [4.78, 5) is 0. The second-order valence-electron chi connectivity index (χ2n) is 33.8. The molecular formula is C125H95N5. The highest BCUT2D eigenvalue weighted by atomic mass is 15.0. The smallest absolute Gasteiger partial charge is 0.0619 e. The monoisotopic (exact) mass is 1670 g/mol. The lowest BCUT2D eigenvalue weighted by Crippen LogP contribution is -1.95. The molecule has 0 radical (unpaired) electrons. The molecule has 0 unspecified atom stereocenters. The molecule has 0 saturated carbocycles. The Bertz CT molecular complexity index is 8290. The lowest BCUT2D eigenvalue weighted by molar-refractivity contribution is 1.17. The zero-order chi connectivity index (χ0) is 87.5. The van der Waals surface area contributed by atoms with Gasteiger partial charge >= 0.3 is 0 Å². The fraction of sp³-hybridized carbons (Fsp3) is 0.0400. The van der Waals surface area contributed by atoms with E-state index in [1.807, 2.05) is 0 Å². The summed E-state index contributed by atoms with van der Waals surface area (Å²) in [7, 11) is 0. The van der Waals surface area contributed by atoms with Crippen molar-refractivity contribution < 1.29 is 0 Å². The second-order valence-corrected chi connectivity index (χ2v) is 33.8. The Morgan fingerprint density at radius 3 is 0.915 bits per heavy atom. The molecule has 5 aromatic heterocycles. The molecule has 0 aliphatic carbocycles. The maximum absolute atomic E-state index is 2.40. The van der Waals surface area contributed by atoms with Crippen LogP contribution in [-0.2, 0) is 0 Å². The van der Waals surface area contributed by atoms with E-state index in [-0.39, 0.29) is 0 Å². The first-order valence-corrected chi connectivity index (χ1v) is 44.9. The van der Waals surface area contributed by atoms with E-state index in [9.17, 15) is 0 Å². The standard InChI is InChI=1S/5C25H19N/c1-18-9-8-14-24-25(18)22-17-20(19-10-4-2-5-11-19)15-16-23(22)26(24)21-12-6-3-7-13-21;1-18-9-8-14-22-23-17-20(19-10-4-2-5-11-19)15-16-24(23)26(25(18)22)21-12-6-3-7-13-21;1-18-12-14-24-22(16-18)23-17-20(19-8-4-2-5-9-19)13-15-25(23)26(24)21-10-6-3-7-11-21;1-18-12-14-22-23-17-20(19-8-4-2-5-9-19)13-15-24(23)26(25(22)16-18)21-10-6-3-7-11-21;1-18-10-5-6-13-20(18)22-15-9-16-23-21-14-7-8-17-24(21)26(25(22)23)19-11-3-2-4-12-19/h5*2-17H,1H3. The highest BCUT2D eigenvalue weighted by molar-refractivity contribution is 6.17. The molecule has 620 valence electrons. The first-order chi connectivity index (χ1) is 64.1. The van der Waals surface area contributed by atoms with Gasteiger partial charge in [-0.1, -0.05) is 351 Å². The number of benzene rings is 20. The van der Waals surface area contributed by atoms with Crippen molar-refractivity contribution in [2.45, 2.75) is 34.6 Å². The fourth-order valence-corrected chi connectivity index (χ4v) is 19.4. The maximum Gasteiger partial charge on any atom is 0.0619 e. The van der Waals surface area contributed by atoms with Crippen LogP contribution in [0.3, 0.4) is 0 Å². The van der Waals surface area contributed by atoms with Gasteiger partial charge in [-0.2, -0.15) is 0 Å². The van der Waals surface area contributed by atoms with Crippen LogP contribution in [0, 0.1) is 34.6 Å². The minimum Gasteiger partial charge on any atom is -0.309 e. The van der Waals surface area contributed by atoms with Gasteiger partial charge in [0.05, 0.1) is 55.2 Å². The van der Waals surface area contributed by atoms with Crippen LogP contribution in [0.2, 0.25) is 0 Å². The number of rotatable bonds is 10. The Hall–Kier alpha value is -16.6. The van der Waals surface area contributed by atoms with E-state index in [0.29, 0.717) is 0 Å². The Balaban J connectivity index is 0.0000000983. The predicted octanol–water partition coefficient (Wildman–Crippen LogP) is 33.8. The number of para-hydroxylation sites is 8. The molecule has 25 aromatic rings. The first kappa shape index (κ1) is 80.5. The van der Waals surface area contributed by atoms with Gasteiger partial charge in [-0.15, -0.1) is 0 Å². The van der Waals surface area contributed by atoms with Crippen molar-refractivity contribution in [3.8, 4) is 84.1 Å². The molecule has 0 aliphatic rings. The summed E-state index contributed by atoms with van der Waals surface area (Å²) in [6, 6.07) is 173. The van der Waals surface area contributed by atoms with Gasteiger partial charge in [0.2, 0.25) is 0 Å². The van der Waals surface area contributed by atoms with Crippen LogP contribution in [0.25, 0.3) is 193 Å². The van der Waals surface area contributed by atoms with E-state index in [1.54, 1.807) is 0 Å². The zero-order valence-corrected chi connectivity index (χ0v) is 73.4. The van der Waals surface area contributed by atoms with Gasteiger partial charge in [-0.3, -0.25) is 0 Å². The van der Waals surface area contributed by atoms with E-state index in [4.69, 9.17) is 0 Å². The van der Waals surface area contributed by atoms with Crippen LogP contribution in [0.15, 0.2) is 485 Å². The number of nitrogens with zero attached hydrogens (tertiary/aromatic N) is 5. The van der Waals surface area contributed by atoms with Gasteiger partial charge < -0.3 is 22.8 Å². The number of aromatic nitrogens is 5. The fourth-order valence-electron chi connectivity index (χ4n) is 19.4. The lowest BCUT2D eigenvalue weighted by Gasteiger charge is -2.13. The number of aryl methyl sites for hydroxylation is 5. The van der Waals surface area contributed by atoms with E-state index in [2.05, 4.69) is 543 Å². The van der Waals surface area contributed by atoms with Gasteiger partial charge in [0, 0.05) is 87.9 Å². The molecule has 0 fully saturated rings. The predicted molar refractivity (Wildman–Crippen MR) is 555 cm³/mol. The van der Waals surface area contributed by atoms with Crippen molar-refractivity contribution in [1.29, 1.82) is 0 Å². The Morgan fingerprint density at radius 1 is 0.138 bits per heavy atom. The molecule has 0 bridgehead atoms. The summed E-state index contributed by atoms with van der Waals surface area (Å²) in [6.45, 7) is 10.9. The summed E-state index contributed by atoms with van der Waals surface area (Å²) in [5.74, 6) is 0. The summed E-state index contributed by atoms with van der Waals surface area (Å²) in [5.41, 5.74) is 37.6. The van der Waals surface area contributed by atoms with Gasteiger partial charge in [-0.05, 0) is 246 Å². The van der Waals surface area contributed by atoms with Crippen molar-refractivity contribution in [1.82, 2.24) is 22.8 Å². The molecule has 130 heavy (non-hydrogen) atoms. The van der Waals surface area contributed by atoms with Crippen LogP contribution < -0.4 is 0 Å². The minimum atomic E-state index is 1.19. The molecule has 20 aromatic carbocycles. The molecule has 5 heterocycles. The second kappa shape index (κ2) is 35.4. The van der Waals surface area contributed by atoms with E-state index >= 15 is 0 Å². The molecule has 0 N–H and O–H groups in total. The number of hydrogen-bond acceptors (Lipinski definition) is 0. The zero-order valence-electron chi connectivity index (χ0n) is 73.4. The third-order valence-electron chi connectivity index (χ3n) is 25.5. The Labute approximate surface area is 758 Å². The largest absolute Gasteiger partial charge is 0.309 e. The third-order valence-corrected chi connectivity index (χ3v) is 25.5. The molecule has 5 heteroatoms. The van der Waals surface area contributed by atoms with Crippen molar-refractivity contribution in [3.63, 3.8) is 0 Å². The normalized spacial score (nSPS) is 11.3. The molecule has 0 aliphatic heterocycles. The van der Waals surface area contributed by atoms with Crippen molar-refractivity contribution in [3.05, 3.63) is 513 Å². The lowest BCUT2D eigenvalue weighted by atomic mass is 9.98. The SMILES string of the molecule is Cc1ccc2c(c1)c1cc(-c3ccccc3)ccc1n2-c1ccccc1.Cc1ccc2c3cc(-c4ccccc4)ccc3n(-c3ccccc3)c2c1.Cc1cccc2c1c1cc(-c3ccccc3)ccc1n2-c1ccccc1.Cc1cccc2c3cc(-c4ccccc4)ccc3n(-c3ccccc3)c12.Cc1ccccc1-c1cccc2c3ccccc3n(-c3ccccc3)c12. The van der Waals surface area contributed by atoms with E-state index < -0.39 is 0 Å². The summed E-state index contributed by atoms with van der Waals surface area (Å²) < 4.78 is 11.9. The molecule has 0 saturated heterocycles. The molecule has 25 rings (SSSR count). The number of hydrogen-bond donors (Lipinski definition) is 0. The molecule has 0 spiro atoms. The summed E-state index contributed by atoms with van der Waals surface area (Å²) >= 11 is 0. The van der Waals surface area contributed by atoms with E-state index in [1.165, 1.54) is 221 Å². The van der Waals surface area contributed by atoms with Gasteiger partial charge in [0.25, 0.3) is 0 Å². The van der Waals surface area contributed by atoms with Crippen LogP contribution in [0.5, 0.6) is 0 Å². The highest BCUT2D eigenvalue weighted by Crippen LogP contribution is 2.44. The molecule has 0 atom stereocenters. The van der Waals surface area contributed by atoms with Crippen LogP contribution in [0.4, 0.5) is 0 Å². The van der Waals surface area contributed by atoms with Crippen molar-refractivity contribution in [2.24, 2.45) is 0 Å². The van der Waals surface area contributed by atoms with Gasteiger partial charge in [0.1, 0.15) is 0 Å². The summed E-state index contributed by atoms with van der Waals surface area (Å²) in [6.07, 6.45) is 0. The van der Waals surface area contributed by atoms with Gasteiger partial charge in [0.15, 0.2) is 0 Å². The maximum atomic E-state index is 2.40. The minimum absolute atomic E-state index is 1.19. The van der Waals surface area contributed by atoms with Crippen LogP contribution in [0.1, 0.15) is 27.8 Å². The average Bonchev–Trinajstić information content (AvgIpc) is 1.75. The average molecular weight is 1670 g/mol. The van der Waals surface area contributed by atoms with Crippen LogP contribution in [-0.4, -0.2) is 22.8 Å². The molecular weight excluding hydrogens is 1570 g/mol. The van der Waals surface area contributed by atoms with Gasteiger partial charge in [-0.25, -0.2) is 0 Å². The van der Waals surface area contributed by atoms with Crippen molar-refractivity contribution >= 4 is 109 Å². The highest BCUT2D eigenvalue weighted by Gasteiger charge is 2.22. The Morgan fingerprint density at radius 2 is 0.423 bits per heavy atom. The summed E-state index contributed by atoms with van der Waals surface area (Å²) in [5, 5.41) is 13.0. The Kier molecular flexibility index (Phi) is 21.9. The third kappa shape index (κ3) is 15.4. The quantitative estimate of drug-likeness (QED) is 0.130. The van der Waals surface area contributed by atoms with Crippen LogP contribution >= 0.6 is 0 Å².